The van der Waals surface area contributed by atoms with Crippen LogP contribution in [0.25, 0.3) is 22.3 Å². The SMILES string of the molecule is COc1ncc(-c2oc3c([C@@H](C)Oc4ccc(Cl)nc4C(N)=O)cc(C)cc3c(=O)c2C)cn1. The predicted molar refractivity (Wildman–Crippen MR) is 126 cm³/mol. The lowest BCUT2D eigenvalue weighted by molar-refractivity contribution is 0.0988. The van der Waals surface area contributed by atoms with Crippen molar-refractivity contribution < 1.29 is 18.7 Å². The van der Waals surface area contributed by atoms with Crippen molar-refractivity contribution in [2.75, 3.05) is 7.11 Å². The number of benzene rings is 1. The first kappa shape index (κ1) is 23.2. The van der Waals surface area contributed by atoms with Gasteiger partial charge in [-0.1, -0.05) is 11.6 Å². The number of primary amides is 1. The Morgan fingerprint density at radius 1 is 1.18 bits per heavy atom. The maximum Gasteiger partial charge on any atom is 0.316 e. The summed E-state index contributed by atoms with van der Waals surface area (Å²) in [5, 5.41) is 0.521. The second-order valence-electron chi connectivity index (χ2n) is 7.68. The van der Waals surface area contributed by atoms with Crippen LogP contribution in [0.2, 0.25) is 5.15 Å². The molecule has 1 aromatic carbocycles. The number of hydrogen-bond acceptors (Lipinski definition) is 8. The normalized spacial score (nSPS) is 11.9. The third-order valence-corrected chi connectivity index (χ3v) is 5.47. The van der Waals surface area contributed by atoms with Crippen molar-refractivity contribution in [2.45, 2.75) is 26.9 Å². The number of nitrogens with zero attached hydrogens (tertiary/aromatic N) is 3. The lowest BCUT2D eigenvalue weighted by Crippen LogP contribution is -2.17. The Kier molecular flexibility index (Phi) is 6.21. The molecule has 0 radical (unpaired) electrons. The Morgan fingerprint density at radius 3 is 2.53 bits per heavy atom. The summed E-state index contributed by atoms with van der Waals surface area (Å²) in [7, 11) is 1.46. The zero-order valence-corrected chi connectivity index (χ0v) is 19.6. The number of amides is 1. The number of ether oxygens (including phenoxy) is 2. The number of halogens is 1. The van der Waals surface area contributed by atoms with Gasteiger partial charge in [0.15, 0.2) is 16.9 Å². The highest BCUT2D eigenvalue weighted by Gasteiger charge is 2.22. The van der Waals surface area contributed by atoms with Crippen molar-refractivity contribution in [3.63, 3.8) is 0 Å². The Bertz CT molecular complexity index is 1470. The minimum Gasteiger partial charge on any atom is -0.483 e. The summed E-state index contributed by atoms with van der Waals surface area (Å²) in [6.45, 7) is 5.32. The van der Waals surface area contributed by atoms with Crippen LogP contribution in [0.1, 0.15) is 40.2 Å². The molecule has 0 unspecified atom stereocenters. The predicted octanol–water partition coefficient (Wildman–Crippen LogP) is 4.16. The maximum absolute atomic E-state index is 13.3. The first-order valence-corrected chi connectivity index (χ1v) is 10.6. The van der Waals surface area contributed by atoms with Crippen LogP contribution in [0.5, 0.6) is 11.8 Å². The zero-order chi connectivity index (χ0) is 24.6. The van der Waals surface area contributed by atoms with Gasteiger partial charge in [0, 0.05) is 23.5 Å². The minimum absolute atomic E-state index is 0.0929. The maximum atomic E-state index is 13.3. The Balaban J connectivity index is 1.87. The molecule has 1 atom stereocenters. The molecule has 4 rings (SSSR count). The van der Waals surface area contributed by atoms with Gasteiger partial charge in [0.25, 0.3) is 5.91 Å². The van der Waals surface area contributed by atoms with Gasteiger partial charge in [0.05, 0.1) is 18.1 Å². The van der Waals surface area contributed by atoms with Gasteiger partial charge in [-0.05, 0) is 50.6 Å². The highest BCUT2D eigenvalue weighted by Crippen LogP contribution is 2.33. The number of fused-ring (bicyclic) bond motifs is 1. The van der Waals surface area contributed by atoms with E-state index in [2.05, 4.69) is 15.0 Å². The highest BCUT2D eigenvalue weighted by atomic mass is 35.5. The van der Waals surface area contributed by atoms with E-state index in [1.807, 2.05) is 13.0 Å². The van der Waals surface area contributed by atoms with E-state index in [9.17, 15) is 9.59 Å². The van der Waals surface area contributed by atoms with Gasteiger partial charge in [-0.25, -0.2) is 15.0 Å². The third-order valence-electron chi connectivity index (χ3n) is 5.26. The van der Waals surface area contributed by atoms with Crippen LogP contribution in [0.3, 0.4) is 0 Å². The molecule has 0 aliphatic heterocycles. The molecule has 1 amide bonds. The monoisotopic (exact) mass is 480 g/mol. The lowest BCUT2D eigenvalue weighted by atomic mass is 10.0. The van der Waals surface area contributed by atoms with Crippen LogP contribution >= 0.6 is 11.6 Å². The summed E-state index contributed by atoms with van der Waals surface area (Å²) in [5.41, 5.74) is 7.90. The molecule has 0 saturated carbocycles. The van der Waals surface area contributed by atoms with Gasteiger partial charge < -0.3 is 19.6 Å². The smallest absolute Gasteiger partial charge is 0.316 e. The largest absolute Gasteiger partial charge is 0.483 e. The first-order valence-electron chi connectivity index (χ1n) is 10.3. The van der Waals surface area contributed by atoms with Crippen molar-refractivity contribution in [1.29, 1.82) is 0 Å². The van der Waals surface area contributed by atoms with E-state index in [0.29, 0.717) is 33.4 Å². The Hall–Kier alpha value is -3.98. The fourth-order valence-electron chi connectivity index (χ4n) is 3.63. The fraction of sp³-hybridized carbons (Fsp3) is 0.208. The van der Waals surface area contributed by atoms with Crippen LogP contribution in [0.15, 0.2) is 45.9 Å². The van der Waals surface area contributed by atoms with E-state index in [1.165, 1.54) is 31.6 Å². The third kappa shape index (κ3) is 4.29. The number of aryl methyl sites for hydroxylation is 1. The molecule has 10 heteroatoms. The summed E-state index contributed by atoms with van der Waals surface area (Å²) in [6.07, 6.45) is 2.42. The Morgan fingerprint density at radius 2 is 1.88 bits per heavy atom. The minimum atomic E-state index is -0.775. The first-order chi connectivity index (χ1) is 16.2. The van der Waals surface area contributed by atoms with E-state index in [1.54, 1.807) is 19.9 Å². The van der Waals surface area contributed by atoms with Gasteiger partial charge in [-0.3, -0.25) is 9.59 Å². The standard InChI is InChI=1S/C24H21ClN4O5/c1-11-7-15(13(3)33-17-5-6-18(25)29-19(17)23(26)31)22-16(8-11)20(30)12(2)21(34-22)14-9-27-24(32-4)28-10-14/h5-10,13H,1-4H3,(H2,26,31)/t13-/m1/s1. The average molecular weight is 481 g/mol. The molecule has 3 aromatic heterocycles. The molecule has 9 nitrogen and oxygen atoms in total. The summed E-state index contributed by atoms with van der Waals surface area (Å²) in [5.74, 6) is -0.275. The van der Waals surface area contributed by atoms with Gasteiger partial charge in [-0.2, -0.15) is 0 Å². The number of rotatable bonds is 6. The molecule has 174 valence electrons. The van der Waals surface area contributed by atoms with Crippen LogP contribution < -0.4 is 20.6 Å². The van der Waals surface area contributed by atoms with E-state index >= 15 is 0 Å². The number of carbonyl (C=O) groups excluding carboxylic acids is 1. The molecular formula is C24H21ClN4O5. The van der Waals surface area contributed by atoms with Crippen molar-refractivity contribution >= 4 is 28.5 Å². The molecule has 0 spiro atoms. The average Bonchev–Trinajstić information content (AvgIpc) is 2.82. The van der Waals surface area contributed by atoms with Crippen LogP contribution in [-0.4, -0.2) is 28.0 Å². The summed E-state index contributed by atoms with van der Waals surface area (Å²) >= 11 is 5.90. The molecule has 0 aliphatic rings. The van der Waals surface area contributed by atoms with Crippen molar-refractivity contribution in [2.24, 2.45) is 5.73 Å². The summed E-state index contributed by atoms with van der Waals surface area (Å²) in [6, 6.07) is 6.83. The van der Waals surface area contributed by atoms with Crippen LogP contribution in [0.4, 0.5) is 0 Å². The van der Waals surface area contributed by atoms with Crippen molar-refractivity contribution in [1.82, 2.24) is 15.0 Å². The summed E-state index contributed by atoms with van der Waals surface area (Å²) in [4.78, 5) is 37.3. The summed E-state index contributed by atoms with van der Waals surface area (Å²) < 4.78 is 17.3. The number of methoxy groups -OCH3 is 1. The molecular weight excluding hydrogens is 460 g/mol. The van der Waals surface area contributed by atoms with E-state index in [-0.39, 0.29) is 28.0 Å². The van der Waals surface area contributed by atoms with Gasteiger partial charge in [0.1, 0.15) is 22.6 Å². The molecule has 2 N–H and O–H groups in total. The van der Waals surface area contributed by atoms with Gasteiger partial charge in [0.2, 0.25) is 0 Å². The number of pyridine rings is 1. The quantitative estimate of drug-likeness (QED) is 0.407. The van der Waals surface area contributed by atoms with E-state index in [4.69, 9.17) is 31.2 Å². The molecule has 3 heterocycles. The lowest BCUT2D eigenvalue weighted by Gasteiger charge is -2.19. The molecule has 0 saturated heterocycles. The van der Waals surface area contributed by atoms with Crippen LogP contribution in [0, 0.1) is 13.8 Å². The van der Waals surface area contributed by atoms with E-state index in [0.717, 1.165) is 5.56 Å². The zero-order valence-electron chi connectivity index (χ0n) is 18.9. The number of carbonyl (C=O) groups is 1. The number of nitrogens with two attached hydrogens (primary N) is 1. The molecule has 34 heavy (non-hydrogen) atoms. The van der Waals surface area contributed by atoms with Gasteiger partial charge >= 0.3 is 6.01 Å². The molecule has 4 aromatic rings. The molecule has 0 bridgehead atoms. The highest BCUT2D eigenvalue weighted by molar-refractivity contribution is 6.29. The van der Waals surface area contributed by atoms with Crippen molar-refractivity contribution in [3.05, 3.63) is 74.4 Å². The second kappa shape index (κ2) is 9.11. The Labute approximate surface area is 199 Å². The fourth-order valence-corrected chi connectivity index (χ4v) is 3.78. The molecule has 0 aliphatic carbocycles. The second-order valence-corrected chi connectivity index (χ2v) is 8.07. The van der Waals surface area contributed by atoms with E-state index < -0.39 is 12.0 Å². The van der Waals surface area contributed by atoms with Crippen molar-refractivity contribution in [3.8, 4) is 23.1 Å². The number of hydrogen-bond donors (Lipinski definition) is 1. The molecule has 0 fully saturated rings. The topological polar surface area (TPSA) is 130 Å². The van der Waals surface area contributed by atoms with Gasteiger partial charge in [-0.15, -0.1) is 0 Å². The van der Waals surface area contributed by atoms with Crippen LogP contribution in [-0.2, 0) is 0 Å². The number of aromatic nitrogens is 3.